The Balaban J connectivity index is 1.27. The fourth-order valence-corrected chi connectivity index (χ4v) is 4.29. The summed E-state index contributed by atoms with van der Waals surface area (Å²) in [6.45, 7) is 1.42. The largest absolute Gasteiger partial charge is 0.439 e. The lowest BCUT2D eigenvalue weighted by atomic mass is 10.1. The molecule has 0 aliphatic carbocycles. The molecule has 204 valence electrons. The Kier molecular flexibility index (Phi) is 7.49. The molecular formula is C25H24FN5O8. The molecule has 0 bridgehead atoms. The van der Waals surface area contributed by atoms with E-state index in [-0.39, 0.29) is 30.2 Å². The molecule has 0 saturated carbocycles. The lowest BCUT2D eigenvalue weighted by molar-refractivity contribution is -0.150. The van der Waals surface area contributed by atoms with E-state index in [1.165, 1.54) is 34.1 Å². The number of aliphatic hydroxyl groups excluding tert-OH is 1. The first-order chi connectivity index (χ1) is 18.8. The molecule has 1 aromatic heterocycles. The predicted molar refractivity (Wildman–Crippen MR) is 132 cm³/mol. The monoisotopic (exact) mass is 541 g/mol. The first-order valence-corrected chi connectivity index (χ1v) is 12.1. The number of nitrogens with one attached hydrogen (secondary N) is 2. The second-order valence-electron chi connectivity index (χ2n) is 8.81. The van der Waals surface area contributed by atoms with Crippen molar-refractivity contribution in [1.82, 2.24) is 15.0 Å². The molecule has 0 radical (unpaired) electrons. The van der Waals surface area contributed by atoms with Crippen LogP contribution in [0.3, 0.4) is 0 Å². The molecule has 0 unspecified atom stereocenters. The number of carbonyl (C=O) groups excluding carboxylic acids is 3. The summed E-state index contributed by atoms with van der Waals surface area (Å²) in [4.78, 5) is 55.0. The standard InChI is InChI=1S/C25H24FN5O8/c26-18-6-5-16(13-17(18)23(34)30-7-10-37-11-8-30)31-9-12-38-20(24(31)35)19(32)22(33)27-15-3-1-14(2-4-15)21-28-25(36)39-29-21/h1-6,13,19-20,32H,7-12H2,(H,27,33)(H,28,29,36)/t19-,20-/m1/s1. The molecule has 0 spiro atoms. The van der Waals surface area contributed by atoms with Crippen molar-refractivity contribution in [1.29, 1.82) is 0 Å². The highest BCUT2D eigenvalue weighted by Crippen LogP contribution is 2.25. The third kappa shape index (κ3) is 5.57. The SMILES string of the molecule is O=C(Nc1ccc(-c2noc(=O)[nH]2)cc1)[C@H](O)[C@H]1OCCN(c2ccc(F)c(C(=O)N3CCOCC3)c2)C1=O. The topological polar surface area (TPSA) is 167 Å². The van der Waals surface area contributed by atoms with Crippen molar-refractivity contribution in [2.45, 2.75) is 12.2 Å². The van der Waals surface area contributed by atoms with Crippen LogP contribution in [0.5, 0.6) is 0 Å². The lowest BCUT2D eigenvalue weighted by Gasteiger charge is -2.34. The van der Waals surface area contributed by atoms with Gasteiger partial charge in [-0.05, 0) is 42.5 Å². The molecular weight excluding hydrogens is 517 g/mol. The zero-order valence-corrected chi connectivity index (χ0v) is 20.5. The van der Waals surface area contributed by atoms with Gasteiger partial charge in [-0.2, -0.15) is 0 Å². The highest BCUT2D eigenvalue weighted by molar-refractivity contribution is 6.04. The quantitative estimate of drug-likeness (QED) is 0.399. The summed E-state index contributed by atoms with van der Waals surface area (Å²) >= 11 is 0. The summed E-state index contributed by atoms with van der Waals surface area (Å²) in [6, 6.07) is 9.87. The number of hydrogen-bond acceptors (Lipinski definition) is 9. The Morgan fingerprint density at radius 1 is 1.08 bits per heavy atom. The van der Waals surface area contributed by atoms with Gasteiger partial charge in [-0.15, -0.1) is 0 Å². The number of ether oxygens (including phenoxy) is 2. The van der Waals surface area contributed by atoms with Gasteiger partial charge in [-0.25, -0.2) is 9.18 Å². The van der Waals surface area contributed by atoms with Gasteiger partial charge in [0.05, 0.1) is 25.4 Å². The third-order valence-corrected chi connectivity index (χ3v) is 6.33. The minimum Gasteiger partial charge on any atom is -0.380 e. The molecule has 3 amide bonds. The fraction of sp³-hybridized carbons (Fsp3) is 0.320. The number of anilines is 2. The number of hydrogen-bond donors (Lipinski definition) is 3. The molecule has 3 heterocycles. The maximum absolute atomic E-state index is 14.6. The number of nitrogens with zero attached hydrogens (tertiary/aromatic N) is 3. The van der Waals surface area contributed by atoms with E-state index >= 15 is 0 Å². The van der Waals surface area contributed by atoms with Crippen molar-refractivity contribution in [3.63, 3.8) is 0 Å². The van der Waals surface area contributed by atoms with E-state index in [2.05, 4.69) is 20.0 Å². The lowest BCUT2D eigenvalue weighted by Crippen LogP contribution is -2.55. The van der Waals surface area contributed by atoms with Crippen LogP contribution in [0.1, 0.15) is 10.4 Å². The molecule has 2 aliphatic heterocycles. The van der Waals surface area contributed by atoms with E-state index in [0.29, 0.717) is 37.6 Å². The van der Waals surface area contributed by atoms with Gasteiger partial charge in [0, 0.05) is 36.6 Å². The number of aromatic amines is 1. The maximum atomic E-state index is 14.6. The van der Waals surface area contributed by atoms with Crippen molar-refractivity contribution in [2.75, 3.05) is 49.7 Å². The number of amides is 3. The number of rotatable bonds is 6. The van der Waals surface area contributed by atoms with E-state index in [1.807, 2.05) is 0 Å². The molecule has 2 aliphatic rings. The van der Waals surface area contributed by atoms with E-state index < -0.39 is 41.5 Å². The number of benzene rings is 2. The van der Waals surface area contributed by atoms with Gasteiger partial charge < -0.3 is 29.7 Å². The number of aromatic nitrogens is 2. The summed E-state index contributed by atoms with van der Waals surface area (Å²) in [5, 5.41) is 16.7. The van der Waals surface area contributed by atoms with Gasteiger partial charge >= 0.3 is 5.76 Å². The van der Waals surface area contributed by atoms with Crippen LogP contribution in [0.15, 0.2) is 51.8 Å². The first-order valence-electron chi connectivity index (χ1n) is 12.1. The molecule has 39 heavy (non-hydrogen) atoms. The van der Waals surface area contributed by atoms with Gasteiger partial charge in [0.1, 0.15) is 5.82 Å². The molecule has 14 heteroatoms. The maximum Gasteiger partial charge on any atom is 0.439 e. The predicted octanol–water partition coefficient (Wildman–Crippen LogP) is 0.373. The summed E-state index contributed by atoms with van der Waals surface area (Å²) in [6.07, 6.45) is -3.39. The van der Waals surface area contributed by atoms with Crippen LogP contribution in [0.2, 0.25) is 0 Å². The van der Waals surface area contributed by atoms with E-state index in [1.54, 1.807) is 12.1 Å². The Bertz CT molecular complexity index is 1430. The Labute approximate surface area is 220 Å². The molecule has 2 aromatic carbocycles. The summed E-state index contributed by atoms with van der Waals surface area (Å²) in [7, 11) is 0. The zero-order valence-electron chi connectivity index (χ0n) is 20.5. The molecule has 2 fully saturated rings. The van der Waals surface area contributed by atoms with E-state index in [9.17, 15) is 28.7 Å². The number of H-pyrrole nitrogens is 1. The smallest absolute Gasteiger partial charge is 0.380 e. The van der Waals surface area contributed by atoms with E-state index in [4.69, 9.17) is 9.47 Å². The third-order valence-electron chi connectivity index (χ3n) is 6.33. The summed E-state index contributed by atoms with van der Waals surface area (Å²) < 4.78 is 29.7. The fourth-order valence-electron chi connectivity index (χ4n) is 4.29. The minimum atomic E-state index is -1.86. The second-order valence-corrected chi connectivity index (χ2v) is 8.81. The van der Waals surface area contributed by atoms with Crippen LogP contribution in [-0.2, 0) is 19.1 Å². The average molecular weight is 541 g/mol. The van der Waals surface area contributed by atoms with Crippen LogP contribution in [0, 0.1) is 5.82 Å². The highest BCUT2D eigenvalue weighted by Gasteiger charge is 2.39. The number of carbonyl (C=O) groups is 3. The number of morpholine rings is 2. The van der Waals surface area contributed by atoms with Crippen molar-refractivity contribution in [2.24, 2.45) is 0 Å². The molecule has 3 aromatic rings. The highest BCUT2D eigenvalue weighted by atomic mass is 19.1. The van der Waals surface area contributed by atoms with Gasteiger partial charge in [0.25, 0.3) is 17.7 Å². The van der Waals surface area contributed by atoms with Crippen molar-refractivity contribution >= 4 is 29.1 Å². The molecule has 3 N–H and O–H groups in total. The van der Waals surface area contributed by atoms with Crippen molar-refractivity contribution in [3.8, 4) is 11.4 Å². The van der Waals surface area contributed by atoms with Crippen LogP contribution >= 0.6 is 0 Å². The molecule has 2 atom stereocenters. The minimum absolute atomic E-state index is 0.00450. The molecule has 5 rings (SSSR count). The Hall–Kier alpha value is -4.40. The number of aliphatic hydroxyl groups is 1. The Morgan fingerprint density at radius 2 is 1.82 bits per heavy atom. The Morgan fingerprint density at radius 3 is 2.51 bits per heavy atom. The molecule has 13 nitrogen and oxygen atoms in total. The van der Waals surface area contributed by atoms with Crippen molar-refractivity contribution < 1.29 is 37.9 Å². The van der Waals surface area contributed by atoms with Gasteiger partial charge in [-0.1, -0.05) is 5.16 Å². The first kappa shape index (κ1) is 26.2. The van der Waals surface area contributed by atoms with Crippen LogP contribution in [0.4, 0.5) is 15.8 Å². The number of halogens is 1. The summed E-state index contributed by atoms with van der Waals surface area (Å²) in [5.74, 6) is -3.36. The van der Waals surface area contributed by atoms with Crippen LogP contribution in [0.25, 0.3) is 11.4 Å². The average Bonchev–Trinajstić information content (AvgIpc) is 3.40. The van der Waals surface area contributed by atoms with Gasteiger partial charge in [0.15, 0.2) is 18.0 Å². The van der Waals surface area contributed by atoms with Crippen LogP contribution < -0.4 is 16.0 Å². The zero-order chi connectivity index (χ0) is 27.5. The van der Waals surface area contributed by atoms with Gasteiger partial charge in [-0.3, -0.25) is 23.9 Å². The van der Waals surface area contributed by atoms with Crippen molar-refractivity contribution in [3.05, 3.63) is 64.4 Å². The van der Waals surface area contributed by atoms with E-state index in [0.717, 1.165) is 6.07 Å². The van der Waals surface area contributed by atoms with Crippen LogP contribution in [-0.4, -0.2) is 89.5 Å². The summed E-state index contributed by atoms with van der Waals surface area (Å²) in [5.41, 5.74) is 0.868. The molecule has 2 saturated heterocycles. The second kappa shape index (κ2) is 11.1. The van der Waals surface area contributed by atoms with Gasteiger partial charge in [0.2, 0.25) is 0 Å². The normalized spacial score (nSPS) is 18.6.